The second kappa shape index (κ2) is 9.30. The highest BCUT2D eigenvalue weighted by Crippen LogP contribution is 2.36. The van der Waals surface area contributed by atoms with Crippen LogP contribution in [0.25, 0.3) is 33.5 Å². The summed E-state index contributed by atoms with van der Waals surface area (Å²) in [5.74, 6) is -0.354. The molecular weight excluding hydrogens is 436 g/mol. The van der Waals surface area contributed by atoms with E-state index in [1.165, 1.54) is 6.33 Å². The zero-order chi connectivity index (χ0) is 23.7. The molecule has 0 amide bonds. The van der Waals surface area contributed by atoms with E-state index in [4.69, 9.17) is 9.47 Å². The number of carbonyl (C=O) groups is 1. The van der Waals surface area contributed by atoms with Gasteiger partial charge in [-0.3, -0.25) is 4.57 Å². The number of esters is 1. The largest absolute Gasteiger partial charge is 0.462 e. The zero-order valence-corrected chi connectivity index (χ0v) is 18.5. The van der Waals surface area contributed by atoms with E-state index in [9.17, 15) is 15.0 Å². The van der Waals surface area contributed by atoms with Gasteiger partial charge in [0.2, 0.25) is 0 Å². The fourth-order valence-electron chi connectivity index (χ4n) is 4.25. The van der Waals surface area contributed by atoms with Crippen LogP contribution in [-0.4, -0.2) is 61.1 Å². The Balaban J connectivity index is 1.53. The van der Waals surface area contributed by atoms with Crippen LogP contribution in [0.5, 0.6) is 0 Å². The quantitative estimate of drug-likeness (QED) is 0.422. The van der Waals surface area contributed by atoms with Crippen molar-refractivity contribution in [1.29, 1.82) is 0 Å². The normalized spacial score (nSPS) is 20.0. The summed E-state index contributed by atoms with van der Waals surface area (Å²) in [5.41, 5.74) is 5.04. The van der Waals surface area contributed by atoms with Gasteiger partial charge in [-0.15, -0.1) is 0 Å². The molecule has 1 saturated heterocycles. The molecule has 1 fully saturated rings. The molecular formula is C25H24N4O5. The third-order valence-corrected chi connectivity index (χ3v) is 5.94. The number of imidazole rings is 1. The minimum absolute atomic E-state index is 0.257. The third kappa shape index (κ3) is 3.94. The van der Waals surface area contributed by atoms with E-state index < -0.39 is 18.4 Å². The molecule has 0 bridgehead atoms. The summed E-state index contributed by atoms with van der Waals surface area (Å²) in [6.45, 7) is 1.84. The van der Waals surface area contributed by atoms with Crippen LogP contribution in [0.4, 0.5) is 0 Å². The van der Waals surface area contributed by atoms with Gasteiger partial charge in [0.25, 0.3) is 0 Å². The van der Waals surface area contributed by atoms with Crippen molar-refractivity contribution >= 4 is 17.1 Å². The second-order valence-electron chi connectivity index (χ2n) is 8.00. The number of ether oxygens (including phenoxy) is 2. The number of aliphatic hydroxyl groups excluding tert-OH is 2. The van der Waals surface area contributed by atoms with Crippen LogP contribution in [0.1, 0.15) is 29.9 Å². The molecule has 0 spiro atoms. The first kappa shape index (κ1) is 22.1. The number of hydrogen-bond donors (Lipinski definition) is 2. The number of benzene rings is 2. The predicted molar refractivity (Wildman–Crippen MR) is 124 cm³/mol. The molecule has 174 valence electrons. The van der Waals surface area contributed by atoms with Crippen LogP contribution in [-0.2, 0) is 9.47 Å². The lowest BCUT2D eigenvalue weighted by molar-refractivity contribution is -0.0432. The Kier molecular flexibility index (Phi) is 6.06. The van der Waals surface area contributed by atoms with Crippen molar-refractivity contribution < 1.29 is 24.5 Å². The van der Waals surface area contributed by atoms with Crippen molar-refractivity contribution in [2.45, 2.75) is 31.8 Å². The maximum atomic E-state index is 12.0. The van der Waals surface area contributed by atoms with Gasteiger partial charge in [-0.1, -0.05) is 36.4 Å². The van der Waals surface area contributed by atoms with Gasteiger partial charge in [-0.2, -0.15) is 0 Å². The van der Waals surface area contributed by atoms with Gasteiger partial charge in [0.15, 0.2) is 5.65 Å². The van der Waals surface area contributed by atoms with Crippen molar-refractivity contribution in [3.8, 4) is 22.4 Å². The Hall–Kier alpha value is -3.66. The maximum Gasteiger partial charge on any atom is 0.338 e. The third-order valence-electron chi connectivity index (χ3n) is 5.94. The molecule has 4 aromatic rings. The molecule has 0 saturated carbocycles. The molecule has 2 aromatic heterocycles. The summed E-state index contributed by atoms with van der Waals surface area (Å²) in [6.07, 6.45) is 1.56. The topological polar surface area (TPSA) is 120 Å². The standard InChI is InChI=1S/C25H24N4O5/c1-2-33-25(32)16-9-7-15(8-10-16)17-5-3-4-6-18(17)22-23-24(27-13-26-22)29(14-28-23)21-11-19(31)20(12-30)34-21/h3-10,13-14,19-21,30-31H,2,11-12H2,1H3/t19-,20+,21+/m0/s1. The Morgan fingerprint density at radius 3 is 2.59 bits per heavy atom. The van der Waals surface area contributed by atoms with Gasteiger partial charge < -0.3 is 19.7 Å². The molecule has 2 aromatic carbocycles. The van der Waals surface area contributed by atoms with Crippen molar-refractivity contribution in [3.05, 3.63) is 66.7 Å². The second-order valence-corrected chi connectivity index (χ2v) is 8.00. The number of rotatable bonds is 6. The number of nitrogens with zero attached hydrogens (tertiary/aromatic N) is 4. The number of aliphatic hydroxyl groups is 2. The Morgan fingerprint density at radius 2 is 1.88 bits per heavy atom. The van der Waals surface area contributed by atoms with Crippen molar-refractivity contribution in [2.75, 3.05) is 13.2 Å². The van der Waals surface area contributed by atoms with Crippen LogP contribution in [0.15, 0.2) is 61.2 Å². The van der Waals surface area contributed by atoms with E-state index in [0.717, 1.165) is 16.7 Å². The van der Waals surface area contributed by atoms with Gasteiger partial charge in [-0.25, -0.2) is 19.7 Å². The Bertz CT molecular complexity index is 1320. The van der Waals surface area contributed by atoms with Gasteiger partial charge in [0.05, 0.1) is 31.2 Å². The lowest BCUT2D eigenvalue weighted by Crippen LogP contribution is -2.24. The minimum atomic E-state index is -0.757. The van der Waals surface area contributed by atoms with E-state index in [1.807, 2.05) is 36.4 Å². The highest BCUT2D eigenvalue weighted by Gasteiger charge is 2.35. The van der Waals surface area contributed by atoms with E-state index in [1.54, 1.807) is 30.0 Å². The fraction of sp³-hybridized carbons (Fsp3) is 0.280. The monoisotopic (exact) mass is 460 g/mol. The van der Waals surface area contributed by atoms with Gasteiger partial charge in [0.1, 0.15) is 29.9 Å². The molecule has 0 radical (unpaired) electrons. The molecule has 9 heteroatoms. The molecule has 5 rings (SSSR count). The van der Waals surface area contributed by atoms with Crippen molar-refractivity contribution in [1.82, 2.24) is 19.5 Å². The molecule has 34 heavy (non-hydrogen) atoms. The summed E-state index contributed by atoms with van der Waals surface area (Å²) in [5, 5.41) is 19.5. The highest BCUT2D eigenvalue weighted by molar-refractivity contribution is 5.94. The first-order valence-corrected chi connectivity index (χ1v) is 11.1. The Labute approximate surface area is 195 Å². The lowest BCUT2D eigenvalue weighted by atomic mass is 9.96. The van der Waals surface area contributed by atoms with Crippen LogP contribution >= 0.6 is 0 Å². The molecule has 2 N–H and O–H groups in total. The smallest absolute Gasteiger partial charge is 0.338 e. The van der Waals surface area contributed by atoms with Crippen LogP contribution in [0.3, 0.4) is 0 Å². The average molecular weight is 460 g/mol. The van der Waals surface area contributed by atoms with Crippen molar-refractivity contribution in [2.24, 2.45) is 0 Å². The fourth-order valence-corrected chi connectivity index (χ4v) is 4.25. The highest BCUT2D eigenvalue weighted by atomic mass is 16.5. The van der Waals surface area contributed by atoms with Crippen molar-refractivity contribution in [3.63, 3.8) is 0 Å². The number of fused-ring (bicyclic) bond motifs is 1. The first-order valence-electron chi connectivity index (χ1n) is 11.1. The molecule has 3 atom stereocenters. The molecule has 3 heterocycles. The Morgan fingerprint density at radius 1 is 1.12 bits per heavy atom. The van der Waals surface area contributed by atoms with E-state index in [-0.39, 0.29) is 12.6 Å². The molecule has 0 aliphatic carbocycles. The van der Waals surface area contributed by atoms with E-state index in [2.05, 4.69) is 15.0 Å². The molecule has 9 nitrogen and oxygen atoms in total. The molecule has 1 aliphatic rings. The average Bonchev–Trinajstić information content (AvgIpc) is 3.47. The van der Waals surface area contributed by atoms with Gasteiger partial charge >= 0.3 is 5.97 Å². The summed E-state index contributed by atoms with van der Waals surface area (Å²) in [4.78, 5) is 25.5. The SMILES string of the molecule is CCOC(=O)c1ccc(-c2ccccc2-c2ncnc3c2ncn3[C@H]2C[C@H](O)[C@@H](CO)O2)cc1. The number of carbonyl (C=O) groups excluding carboxylic acids is 1. The van der Waals surface area contributed by atoms with E-state index in [0.29, 0.717) is 35.4 Å². The van der Waals surface area contributed by atoms with Gasteiger partial charge in [0, 0.05) is 12.0 Å². The molecule has 0 unspecified atom stereocenters. The first-order chi connectivity index (χ1) is 16.6. The number of aromatic nitrogens is 4. The van der Waals surface area contributed by atoms with Gasteiger partial charge in [-0.05, 0) is 30.2 Å². The summed E-state index contributed by atoms with van der Waals surface area (Å²) < 4.78 is 12.6. The summed E-state index contributed by atoms with van der Waals surface area (Å²) in [7, 11) is 0. The predicted octanol–water partition coefficient (Wildman–Crippen LogP) is 2.98. The summed E-state index contributed by atoms with van der Waals surface area (Å²) in [6, 6.07) is 15.1. The van der Waals surface area contributed by atoms with Crippen LogP contribution in [0, 0.1) is 0 Å². The van der Waals surface area contributed by atoms with Crippen LogP contribution < -0.4 is 0 Å². The molecule has 1 aliphatic heterocycles. The zero-order valence-electron chi connectivity index (χ0n) is 18.5. The van der Waals surface area contributed by atoms with Crippen LogP contribution in [0.2, 0.25) is 0 Å². The lowest BCUT2D eigenvalue weighted by Gasteiger charge is -2.14. The summed E-state index contributed by atoms with van der Waals surface area (Å²) >= 11 is 0. The maximum absolute atomic E-state index is 12.0. The minimum Gasteiger partial charge on any atom is -0.462 e. The number of hydrogen-bond acceptors (Lipinski definition) is 8. The van der Waals surface area contributed by atoms with E-state index >= 15 is 0 Å².